The zero-order valence-electron chi connectivity index (χ0n) is 7.41. The fraction of sp³-hybridized carbons (Fsp3) is 0. The van der Waals surface area contributed by atoms with Crippen LogP contribution in [0.4, 0.5) is 0 Å². The lowest BCUT2D eigenvalue weighted by Crippen LogP contribution is -1.77. The van der Waals surface area contributed by atoms with Gasteiger partial charge in [-0.3, -0.25) is 10.1 Å². The van der Waals surface area contributed by atoms with E-state index in [9.17, 15) is 0 Å². The summed E-state index contributed by atoms with van der Waals surface area (Å²) in [5.74, 6) is 0. The van der Waals surface area contributed by atoms with E-state index in [1.54, 1.807) is 6.20 Å². The van der Waals surface area contributed by atoms with Crippen LogP contribution >= 0.6 is 0 Å². The predicted molar refractivity (Wildman–Crippen MR) is 52.4 cm³/mol. The summed E-state index contributed by atoms with van der Waals surface area (Å²) in [7, 11) is 0. The van der Waals surface area contributed by atoms with E-state index < -0.39 is 4.92 Å². The summed E-state index contributed by atoms with van der Waals surface area (Å²) in [6, 6.07) is 5.93. The van der Waals surface area contributed by atoms with Crippen LogP contribution in [-0.4, -0.2) is 14.3 Å². The summed E-state index contributed by atoms with van der Waals surface area (Å²) >= 11 is 0. The minimum atomic E-state index is -0.611. The van der Waals surface area contributed by atoms with Gasteiger partial charge in [0, 0.05) is 18.6 Å². The van der Waals surface area contributed by atoms with Gasteiger partial charge < -0.3 is 4.40 Å². The van der Waals surface area contributed by atoms with Crippen molar-refractivity contribution in [3.8, 4) is 0 Å². The van der Waals surface area contributed by atoms with Crippen LogP contribution < -0.4 is 0 Å². The molecule has 0 spiro atoms. The molecule has 5 heteroatoms. The average Bonchev–Trinajstić information content (AvgIpc) is 2.66. The molecule has 0 bridgehead atoms. The molecule has 2 heterocycles. The van der Waals surface area contributed by atoms with E-state index in [-0.39, 0.29) is 0 Å². The molecule has 14 heavy (non-hydrogen) atoms. The lowest BCUT2D eigenvalue weighted by Gasteiger charge is -1.86. The van der Waals surface area contributed by atoms with Crippen LogP contribution in [-0.2, 0) is 0 Å². The zero-order chi connectivity index (χ0) is 10.4. The number of pyridine rings is 1. The molecule has 0 saturated heterocycles. The minimum Gasteiger partial charge on any atom is -0.307 e. The second kappa shape index (κ2) is 4.76. The Morgan fingerprint density at radius 3 is 2.79 bits per heavy atom. The Kier molecular flexibility index (Phi) is 3.37. The van der Waals surface area contributed by atoms with Crippen LogP contribution in [0.2, 0.25) is 0 Å². The number of nitrogens with zero attached hydrogens (tertiary/aromatic N) is 3. The van der Waals surface area contributed by atoms with E-state index in [0.717, 1.165) is 5.65 Å². The summed E-state index contributed by atoms with van der Waals surface area (Å²) in [5, 5.41) is 9.06. The molecule has 0 aromatic carbocycles. The summed E-state index contributed by atoms with van der Waals surface area (Å²) < 4.78 is 1.97. The van der Waals surface area contributed by atoms with Crippen molar-refractivity contribution in [1.29, 1.82) is 0 Å². The van der Waals surface area contributed by atoms with Gasteiger partial charge in [0.25, 0.3) is 0 Å². The second-order valence-electron chi connectivity index (χ2n) is 2.36. The number of nitro groups is 1. The fourth-order valence-electron chi connectivity index (χ4n) is 0.864. The maximum absolute atomic E-state index is 9.06. The largest absolute Gasteiger partial charge is 0.307 e. The van der Waals surface area contributed by atoms with Crippen molar-refractivity contribution in [2.75, 3.05) is 0 Å². The maximum atomic E-state index is 9.06. The Morgan fingerprint density at radius 2 is 2.21 bits per heavy atom. The average molecular weight is 191 g/mol. The van der Waals surface area contributed by atoms with Gasteiger partial charge in [0.05, 0.1) is 4.92 Å². The molecule has 0 radical (unpaired) electrons. The molecule has 0 N–H and O–H groups in total. The van der Waals surface area contributed by atoms with Gasteiger partial charge in [0.2, 0.25) is 6.20 Å². The molecule has 0 aliphatic carbocycles. The number of imidazole rings is 1. The first-order chi connectivity index (χ1) is 6.74. The van der Waals surface area contributed by atoms with Crippen LogP contribution in [0.25, 0.3) is 5.65 Å². The van der Waals surface area contributed by atoms with Gasteiger partial charge in [-0.1, -0.05) is 6.07 Å². The second-order valence-corrected chi connectivity index (χ2v) is 2.36. The molecule has 2 rings (SSSR count). The van der Waals surface area contributed by atoms with E-state index >= 15 is 0 Å². The lowest BCUT2D eigenvalue weighted by atomic mass is 10.5. The van der Waals surface area contributed by atoms with Crippen molar-refractivity contribution in [1.82, 2.24) is 9.38 Å². The first kappa shape index (κ1) is 9.91. The standard InChI is InChI=1S/C7H6N2.C2H3NO2/c1-2-5-9-6-4-8-7(9)3-1;1-2-3(4)5/h1-6H;2H,1H2. The van der Waals surface area contributed by atoms with E-state index in [1.165, 1.54) is 0 Å². The van der Waals surface area contributed by atoms with Gasteiger partial charge >= 0.3 is 0 Å². The number of rotatable bonds is 1. The van der Waals surface area contributed by atoms with Gasteiger partial charge in [-0.05, 0) is 18.7 Å². The smallest absolute Gasteiger partial charge is 0.227 e. The molecule has 72 valence electrons. The minimum absolute atomic E-state index is 0.611. The Labute approximate surface area is 80.5 Å². The third-order valence-electron chi connectivity index (χ3n) is 1.45. The van der Waals surface area contributed by atoms with Crippen molar-refractivity contribution in [2.45, 2.75) is 0 Å². The molecule has 2 aromatic heterocycles. The molecule has 5 nitrogen and oxygen atoms in total. The summed E-state index contributed by atoms with van der Waals surface area (Å²) in [4.78, 5) is 12.5. The van der Waals surface area contributed by atoms with Crippen LogP contribution in [0.5, 0.6) is 0 Å². The highest BCUT2D eigenvalue weighted by molar-refractivity contribution is 5.36. The Morgan fingerprint density at radius 1 is 1.50 bits per heavy atom. The normalized spacial score (nSPS) is 8.86. The highest BCUT2D eigenvalue weighted by Gasteiger charge is 1.85. The quantitative estimate of drug-likeness (QED) is 0.509. The maximum Gasteiger partial charge on any atom is 0.227 e. The highest BCUT2D eigenvalue weighted by atomic mass is 16.6. The Hall–Kier alpha value is -2.17. The van der Waals surface area contributed by atoms with Crippen molar-refractivity contribution in [2.24, 2.45) is 0 Å². The molecule has 0 fully saturated rings. The molecule has 0 unspecified atom stereocenters. The third kappa shape index (κ3) is 2.71. The van der Waals surface area contributed by atoms with Gasteiger partial charge in [0.1, 0.15) is 5.65 Å². The number of aromatic nitrogens is 2. The van der Waals surface area contributed by atoms with Crippen molar-refractivity contribution in [3.63, 3.8) is 0 Å². The Bertz CT molecular complexity index is 406. The monoisotopic (exact) mass is 191 g/mol. The first-order valence-electron chi connectivity index (χ1n) is 3.88. The van der Waals surface area contributed by atoms with Gasteiger partial charge in [-0.25, -0.2) is 4.98 Å². The van der Waals surface area contributed by atoms with Gasteiger partial charge in [-0.15, -0.1) is 0 Å². The van der Waals surface area contributed by atoms with E-state index in [2.05, 4.69) is 11.6 Å². The summed E-state index contributed by atoms with van der Waals surface area (Å²) in [6.07, 6.45) is 6.33. The molecular weight excluding hydrogens is 182 g/mol. The molecule has 0 atom stereocenters. The van der Waals surface area contributed by atoms with Crippen LogP contribution in [0, 0.1) is 10.1 Å². The van der Waals surface area contributed by atoms with Gasteiger partial charge in [0.15, 0.2) is 0 Å². The van der Waals surface area contributed by atoms with Crippen molar-refractivity contribution in [3.05, 3.63) is 59.7 Å². The topological polar surface area (TPSA) is 60.4 Å². The number of fused-ring (bicyclic) bond motifs is 1. The Balaban J connectivity index is 0.000000171. The van der Waals surface area contributed by atoms with Crippen molar-refractivity contribution >= 4 is 5.65 Å². The molecule has 0 aliphatic heterocycles. The number of hydrogen-bond acceptors (Lipinski definition) is 3. The SMILES string of the molecule is C=C[N+](=O)[O-].c1ccn2ccnc2c1. The van der Waals surface area contributed by atoms with Gasteiger partial charge in [-0.2, -0.15) is 0 Å². The molecule has 0 aliphatic rings. The van der Waals surface area contributed by atoms with Crippen LogP contribution in [0.3, 0.4) is 0 Å². The number of hydrogen-bond donors (Lipinski definition) is 0. The van der Waals surface area contributed by atoms with E-state index in [4.69, 9.17) is 10.1 Å². The van der Waals surface area contributed by atoms with Crippen LogP contribution in [0.1, 0.15) is 0 Å². The summed E-state index contributed by atoms with van der Waals surface area (Å²) in [6.45, 7) is 2.86. The highest BCUT2D eigenvalue weighted by Crippen LogP contribution is 1.96. The van der Waals surface area contributed by atoms with Crippen LogP contribution in [0.15, 0.2) is 49.6 Å². The summed E-state index contributed by atoms with van der Waals surface area (Å²) in [5.41, 5.74) is 0.998. The van der Waals surface area contributed by atoms with E-state index in [0.29, 0.717) is 6.20 Å². The molecule has 2 aromatic rings. The zero-order valence-corrected chi connectivity index (χ0v) is 7.41. The molecule has 0 amide bonds. The first-order valence-corrected chi connectivity index (χ1v) is 3.88. The van der Waals surface area contributed by atoms with E-state index in [1.807, 2.05) is 35.0 Å². The molecule has 0 saturated carbocycles. The lowest BCUT2D eigenvalue weighted by molar-refractivity contribution is -0.401. The van der Waals surface area contributed by atoms with Crippen molar-refractivity contribution < 1.29 is 4.92 Å². The predicted octanol–water partition coefficient (Wildman–Crippen LogP) is 1.74. The third-order valence-corrected chi connectivity index (χ3v) is 1.45. The fourth-order valence-corrected chi connectivity index (χ4v) is 0.864. The molecular formula is C9H9N3O2.